The number of aromatic nitrogens is 1. The highest BCUT2D eigenvalue weighted by Gasteiger charge is 2.25. The first-order valence-electron chi connectivity index (χ1n) is 7.81. The number of fused-ring (bicyclic) bond motifs is 1. The van der Waals surface area contributed by atoms with Crippen LogP contribution in [0.3, 0.4) is 0 Å². The van der Waals surface area contributed by atoms with Crippen LogP contribution in [-0.2, 0) is 17.8 Å². The molecule has 2 aromatic rings. The third kappa shape index (κ3) is 3.74. The Bertz CT molecular complexity index is 690. The zero-order valence-corrected chi connectivity index (χ0v) is 13.1. The van der Waals surface area contributed by atoms with Crippen molar-refractivity contribution in [2.45, 2.75) is 25.9 Å². The van der Waals surface area contributed by atoms with Crippen LogP contribution in [-0.4, -0.2) is 28.9 Å². The smallest absolute Gasteiger partial charge is 0.234 e. The molecule has 0 fully saturated rings. The minimum atomic E-state index is -0.196. The van der Waals surface area contributed by atoms with Crippen molar-refractivity contribution < 1.29 is 9.18 Å². The van der Waals surface area contributed by atoms with Crippen molar-refractivity contribution in [3.8, 4) is 0 Å². The molecule has 2 heterocycles. The summed E-state index contributed by atoms with van der Waals surface area (Å²) in [5, 5.41) is 2.92. The Balaban J connectivity index is 1.58. The van der Waals surface area contributed by atoms with Gasteiger partial charge in [-0.25, -0.2) is 4.39 Å². The van der Waals surface area contributed by atoms with E-state index in [4.69, 9.17) is 0 Å². The molecule has 4 nitrogen and oxygen atoms in total. The number of hydrogen-bond acceptors (Lipinski definition) is 3. The predicted molar refractivity (Wildman–Crippen MR) is 86.2 cm³/mol. The molecular formula is C18H20FN3O. The molecule has 5 heteroatoms. The van der Waals surface area contributed by atoms with Gasteiger partial charge in [0, 0.05) is 31.5 Å². The van der Waals surface area contributed by atoms with Crippen LogP contribution in [0.25, 0.3) is 0 Å². The van der Waals surface area contributed by atoms with Gasteiger partial charge in [0.1, 0.15) is 5.82 Å². The molecule has 0 bridgehead atoms. The quantitative estimate of drug-likeness (QED) is 0.943. The molecule has 1 aliphatic heterocycles. The van der Waals surface area contributed by atoms with Crippen LogP contribution in [0.2, 0.25) is 0 Å². The first-order chi connectivity index (χ1) is 11.1. The van der Waals surface area contributed by atoms with Crippen LogP contribution in [0.15, 0.2) is 42.7 Å². The molecule has 120 valence electrons. The molecule has 23 heavy (non-hydrogen) atoms. The van der Waals surface area contributed by atoms with E-state index in [0.29, 0.717) is 13.1 Å². The molecule has 1 atom stereocenters. The van der Waals surface area contributed by atoms with Crippen molar-refractivity contribution in [1.29, 1.82) is 0 Å². The van der Waals surface area contributed by atoms with Crippen molar-refractivity contribution in [3.05, 3.63) is 65.2 Å². The molecule has 0 unspecified atom stereocenters. The predicted octanol–water partition coefficient (Wildman–Crippen LogP) is 2.46. The van der Waals surface area contributed by atoms with E-state index in [0.717, 1.165) is 29.7 Å². The summed E-state index contributed by atoms with van der Waals surface area (Å²) in [5.41, 5.74) is 3.13. The van der Waals surface area contributed by atoms with Crippen LogP contribution in [0.4, 0.5) is 4.39 Å². The van der Waals surface area contributed by atoms with E-state index in [1.165, 1.54) is 6.07 Å². The van der Waals surface area contributed by atoms with Crippen LogP contribution in [0, 0.1) is 5.82 Å². The molecule has 0 spiro atoms. The van der Waals surface area contributed by atoms with Crippen molar-refractivity contribution in [3.63, 3.8) is 0 Å². The standard InChI is InChI=1S/C18H20FN3O/c1-13-17-5-4-16(19)9-15(17)6-8-22(13)12-18(23)21-11-14-3-2-7-20-10-14/h2-5,7,9-10,13H,6,8,11-12H2,1H3,(H,21,23)/t13-/m1/s1. The Hall–Kier alpha value is -2.27. The van der Waals surface area contributed by atoms with Gasteiger partial charge in [0.2, 0.25) is 5.91 Å². The number of carbonyl (C=O) groups is 1. The maximum absolute atomic E-state index is 13.3. The first kappa shape index (κ1) is 15.6. The van der Waals surface area contributed by atoms with Gasteiger partial charge in [0.05, 0.1) is 6.54 Å². The van der Waals surface area contributed by atoms with E-state index in [-0.39, 0.29) is 17.8 Å². The van der Waals surface area contributed by atoms with E-state index in [2.05, 4.69) is 22.1 Å². The van der Waals surface area contributed by atoms with Crippen molar-refractivity contribution in [2.24, 2.45) is 0 Å². The van der Waals surface area contributed by atoms with Crippen molar-refractivity contribution in [1.82, 2.24) is 15.2 Å². The number of amides is 1. The highest BCUT2D eigenvalue weighted by Crippen LogP contribution is 2.29. The second kappa shape index (κ2) is 6.87. The Morgan fingerprint density at radius 1 is 1.43 bits per heavy atom. The van der Waals surface area contributed by atoms with Gasteiger partial charge in [-0.1, -0.05) is 12.1 Å². The molecule has 0 aliphatic carbocycles. The number of rotatable bonds is 4. The van der Waals surface area contributed by atoms with Gasteiger partial charge in [0.25, 0.3) is 0 Å². The molecule has 3 rings (SSSR count). The lowest BCUT2D eigenvalue weighted by atomic mass is 9.93. The second-order valence-corrected chi connectivity index (χ2v) is 5.88. The van der Waals surface area contributed by atoms with Gasteiger partial charge in [0.15, 0.2) is 0 Å². The maximum Gasteiger partial charge on any atom is 0.234 e. The molecule has 1 aromatic carbocycles. The van der Waals surface area contributed by atoms with E-state index in [9.17, 15) is 9.18 Å². The second-order valence-electron chi connectivity index (χ2n) is 5.88. The zero-order chi connectivity index (χ0) is 16.2. The van der Waals surface area contributed by atoms with E-state index in [1.807, 2.05) is 18.2 Å². The molecule has 1 amide bonds. The fourth-order valence-corrected chi connectivity index (χ4v) is 3.01. The molecule has 0 saturated carbocycles. The van der Waals surface area contributed by atoms with Crippen molar-refractivity contribution >= 4 is 5.91 Å². The molecule has 0 saturated heterocycles. The monoisotopic (exact) mass is 313 g/mol. The summed E-state index contributed by atoms with van der Waals surface area (Å²) in [6.07, 6.45) is 4.23. The number of hydrogen-bond donors (Lipinski definition) is 1. The summed E-state index contributed by atoms with van der Waals surface area (Å²) >= 11 is 0. The molecular weight excluding hydrogens is 293 g/mol. The number of benzene rings is 1. The van der Waals surface area contributed by atoms with Crippen molar-refractivity contribution in [2.75, 3.05) is 13.1 Å². The SMILES string of the molecule is C[C@@H]1c2ccc(F)cc2CCN1CC(=O)NCc1cccnc1. The fraction of sp³-hybridized carbons (Fsp3) is 0.333. The Morgan fingerprint density at radius 2 is 2.30 bits per heavy atom. The summed E-state index contributed by atoms with van der Waals surface area (Å²) in [6.45, 7) is 3.65. The highest BCUT2D eigenvalue weighted by atomic mass is 19.1. The number of nitrogens with zero attached hydrogens (tertiary/aromatic N) is 2. The Kier molecular flexibility index (Phi) is 4.67. The lowest BCUT2D eigenvalue weighted by Gasteiger charge is -2.34. The lowest BCUT2D eigenvalue weighted by Crippen LogP contribution is -2.41. The number of pyridine rings is 1. The fourth-order valence-electron chi connectivity index (χ4n) is 3.01. The van der Waals surface area contributed by atoms with Crippen LogP contribution in [0.1, 0.15) is 29.7 Å². The molecule has 0 radical (unpaired) electrons. The van der Waals surface area contributed by atoms with Gasteiger partial charge in [-0.15, -0.1) is 0 Å². The Labute approximate surface area is 135 Å². The zero-order valence-electron chi connectivity index (χ0n) is 13.1. The third-order valence-corrected chi connectivity index (χ3v) is 4.33. The van der Waals surface area contributed by atoms with Gasteiger partial charge in [-0.05, 0) is 48.2 Å². The summed E-state index contributed by atoms with van der Waals surface area (Å²) in [4.78, 5) is 18.3. The van der Waals surface area contributed by atoms with Gasteiger partial charge < -0.3 is 5.32 Å². The number of carbonyl (C=O) groups excluding carboxylic acids is 1. The van der Waals surface area contributed by atoms with Crippen LogP contribution in [0.5, 0.6) is 0 Å². The summed E-state index contributed by atoms with van der Waals surface area (Å²) in [6, 6.07) is 8.82. The molecule has 1 N–H and O–H groups in total. The maximum atomic E-state index is 13.3. The molecule has 1 aliphatic rings. The number of halogens is 1. The van der Waals surface area contributed by atoms with E-state index >= 15 is 0 Å². The Morgan fingerprint density at radius 3 is 3.09 bits per heavy atom. The lowest BCUT2D eigenvalue weighted by molar-refractivity contribution is -0.123. The average Bonchev–Trinajstić information content (AvgIpc) is 2.56. The topological polar surface area (TPSA) is 45.2 Å². The highest BCUT2D eigenvalue weighted by molar-refractivity contribution is 5.78. The average molecular weight is 313 g/mol. The summed E-state index contributed by atoms with van der Waals surface area (Å²) < 4.78 is 13.3. The summed E-state index contributed by atoms with van der Waals surface area (Å²) in [7, 11) is 0. The van der Waals surface area contributed by atoms with E-state index < -0.39 is 0 Å². The van der Waals surface area contributed by atoms with Crippen LogP contribution >= 0.6 is 0 Å². The van der Waals surface area contributed by atoms with E-state index in [1.54, 1.807) is 18.5 Å². The summed E-state index contributed by atoms with van der Waals surface area (Å²) in [5.74, 6) is -0.204. The van der Waals surface area contributed by atoms with Gasteiger partial charge >= 0.3 is 0 Å². The minimum Gasteiger partial charge on any atom is -0.351 e. The first-order valence-corrected chi connectivity index (χ1v) is 7.81. The molecule has 1 aromatic heterocycles. The third-order valence-electron chi connectivity index (χ3n) is 4.33. The largest absolute Gasteiger partial charge is 0.351 e. The van der Waals surface area contributed by atoms with Gasteiger partial charge in [-0.2, -0.15) is 0 Å². The van der Waals surface area contributed by atoms with Crippen LogP contribution < -0.4 is 5.32 Å². The normalized spacial score (nSPS) is 17.6. The number of nitrogens with one attached hydrogen (secondary N) is 1. The minimum absolute atomic E-state index is 0.00809. The van der Waals surface area contributed by atoms with Gasteiger partial charge in [-0.3, -0.25) is 14.7 Å².